The van der Waals surface area contributed by atoms with Crippen molar-refractivity contribution in [3.8, 4) is 0 Å². The molecule has 0 bridgehead atoms. The maximum atomic E-state index is 13.6. The van der Waals surface area contributed by atoms with Crippen LogP contribution in [-0.2, 0) is 32.5 Å². The van der Waals surface area contributed by atoms with Crippen molar-refractivity contribution in [3.05, 3.63) is 75.1 Å². The van der Waals surface area contributed by atoms with E-state index in [1.54, 1.807) is 0 Å². The number of likely N-dealkylation sites (tertiary alicyclic amines) is 1. The minimum atomic E-state index is 0.165. The third-order valence-corrected chi connectivity index (χ3v) is 7.57. The molecule has 0 atom stereocenters. The predicted molar refractivity (Wildman–Crippen MR) is 142 cm³/mol. The molecule has 2 aliphatic rings. The highest BCUT2D eigenvalue weighted by Crippen LogP contribution is 2.27. The van der Waals surface area contributed by atoms with Crippen molar-refractivity contribution in [2.24, 2.45) is 0 Å². The fourth-order valence-electron chi connectivity index (χ4n) is 5.54. The van der Waals surface area contributed by atoms with E-state index in [1.807, 2.05) is 0 Å². The molecule has 0 spiro atoms. The van der Waals surface area contributed by atoms with Crippen molar-refractivity contribution >= 4 is 16.6 Å². The van der Waals surface area contributed by atoms with Crippen molar-refractivity contribution in [3.63, 3.8) is 0 Å². The minimum Gasteiger partial charge on any atom is -0.378 e. The first-order valence-electron chi connectivity index (χ1n) is 13.0. The van der Waals surface area contributed by atoms with Gasteiger partial charge in [-0.3, -0.25) is 4.79 Å². The molecule has 2 aromatic carbocycles. The molecule has 180 valence electrons. The highest BCUT2D eigenvalue weighted by Gasteiger charge is 2.17. The summed E-state index contributed by atoms with van der Waals surface area (Å²) in [6, 6.07) is 15.4. The van der Waals surface area contributed by atoms with Gasteiger partial charge in [0.2, 0.25) is 0 Å². The average molecular weight is 459 g/mol. The van der Waals surface area contributed by atoms with E-state index < -0.39 is 0 Å². The van der Waals surface area contributed by atoms with Crippen LogP contribution < -0.4 is 15.8 Å². The Morgan fingerprint density at radius 1 is 0.853 bits per heavy atom. The fourth-order valence-corrected chi connectivity index (χ4v) is 5.54. The van der Waals surface area contributed by atoms with E-state index in [0.29, 0.717) is 6.54 Å². The highest BCUT2D eigenvalue weighted by atomic mass is 16.1. The predicted octanol–water partition coefficient (Wildman–Crippen LogP) is 4.33. The monoisotopic (exact) mass is 458 g/mol. The van der Waals surface area contributed by atoms with Gasteiger partial charge in [-0.05, 0) is 97.6 Å². The molecule has 5 heteroatoms. The van der Waals surface area contributed by atoms with Gasteiger partial charge in [0.25, 0.3) is 5.56 Å². The summed E-state index contributed by atoms with van der Waals surface area (Å²) < 4.78 is 2.06. The van der Waals surface area contributed by atoms with Crippen molar-refractivity contribution in [1.82, 2.24) is 14.8 Å². The summed E-state index contributed by atoms with van der Waals surface area (Å²) in [4.78, 5) is 18.2. The van der Waals surface area contributed by atoms with Crippen LogP contribution in [0.5, 0.6) is 0 Å². The minimum absolute atomic E-state index is 0.165. The van der Waals surface area contributed by atoms with Crippen LogP contribution in [0.2, 0.25) is 0 Å². The highest BCUT2D eigenvalue weighted by molar-refractivity contribution is 5.82. The van der Waals surface area contributed by atoms with Crippen LogP contribution in [0.15, 0.2) is 47.3 Å². The van der Waals surface area contributed by atoms with E-state index in [1.165, 1.54) is 53.4 Å². The Labute approximate surface area is 203 Å². The number of pyridine rings is 1. The molecular formula is C29H38N4O. The van der Waals surface area contributed by atoms with E-state index in [9.17, 15) is 4.79 Å². The van der Waals surface area contributed by atoms with Crippen LogP contribution in [0.25, 0.3) is 10.9 Å². The zero-order valence-corrected chi connectivity index (χ0v) is 20.8. The lowest BCUT2D eigenvalue weighted by atomic mass is 10.0. The third-order valence-electron chi connectivity index (χ3n) is 7.57. The van der Waals surface area contributed by atoms with Gasteiger partial charge in [-0.1, -0.05) is 18.6 Å². The quantitative estimate of drug-likeness (QED) is 0.545. The standard InChI is InChI=1S/C29H38N4O/c1-31(2)27-11-9-22(10-12-27)20-30-21-26-18-25-17-23-7-6-8-24(23)19-28(25)33(29(26)34)16-15-32-13-4-3-5-14-32/h9-12,17-19,30H,3-8,13-16,20-21H2,1-2H3. The van der Waals surface area contributed by atoms with Gasteiger partial charge in [0.15, 0.2) is 0 Å². The Balaban J connectivity index is 1.37. The van der Waals surface area contributed by atoms with Crippen molar-refractivity contribution in [1.29, 1.82) is 0 Å². The maximum absolute atomic E-state index is 13.6. The number of hydrogen-bond acceptors (Lipinski definition) is 4. The lowest BCUT2D eigenvalue weighted by Crippen LogP contribution is -2.36. The normalized spacial score (nSPS) is 16.2. The molecule has 0 radical (unpaired) electrons. The molecule has 2 heterocycles. The van der Waals surface area contributed by atoms with Gasteiger partial charge in [0, 0.05) is 51.5 Å². The Bertz CT molecular complexity index is 1190. The van der Waals surface area contributed by atoms with Gasteiger partial charge in [-0.2, -0.15) is 0 Å². The maximum Gasteiger partial charge on any atom is 0.255 e. The van der Waals surface area contributed by atoms with Crippen LogP contribution in [0.3, 0.4) is 0 Å². The summed E-state index contributed by atoms with van der Waals surface area (Å²) in [6.45, 7) is 5.40. The lowest BCUT2D eigenvalue weighted by molar-refractivity contribution is 0.221. The first-order chi connectivity index (χ1) is 16.6. The van der Waals surface area contributed by atoms with Gasteiger partial charge in [-0.15, -0.1) is 0 Å². The average Bonchev–Trinajstić information content (AvgIpc) is 3.31. The second kappa shape index (κ2) is 10.3. The summed E-state index contributed by atoms with van der Waals surface area (Å²) in [6.07, 6.45) is 7.43. The number of fused-ring (bicyclic) bond motifs is 2. The molecule has 1 N–H and O–H groups in total. The van der Waals surface area contributed by atoms with E-state index >= 15 is 0 Å². The molecule has 0 amide bonds. The second-order valence-electron chi connectivity index (χ2n) is 10.2. The zero-order chi connectivity index (χ0) is 23.5. The number of hydrogen-bond donors (Lipinski definition) is 1. The van der Waals surface area contributed by atoms with E-state index in [0.717, 1.165) is 56.6 Å². The van der Waals surface area contributed by atoms with Gasteiger partial charge >= 0.3 is 0 Å². The number of benzene rings is 2. The molecule has 34 heavy (non-hydrogen) atoms. The number of nitrogens with one attached hydrogen (secondary N) is 1. The first kappa shape index (κ1) is 23.1. The summed E-state index contributed by atoms with van der Waals surface area (Å²) in [5, 5.41) is 4.73. The van der Waals surface area contributed by atoms with Crippen LogP contribution in [0.4, 0.5) is 5.69 Å². The fraction of sp³-hybridized carbons (Fsp3) is 0.483. The zero-order valence-electron chi connectivity index (χ0n) is 20.8. The molecule has 1 aromatic heterocycles. The van der Waals surface area contributed by atoms with Gasteiger partial charge < -0.3 is 19.7 Å². The van der Waals surface area contributed by atoms with Crippen LogP contribution >= 0.6 is 0 Å². The Morgan fingerprint density at radius 3 is 2.32 bits per heavy atom. The van der Waals surface area contributed by atoms with Crippen molar-refractivity contribution in [2.75, 3.05) is 38.6 Å². The summed E-state index contributed by atoms with van der Waals surface area (Å²) in [7, 11) is 4.11. The van der Waals surface area contributed by atoms with Crippen LogP contribution in [0.1, 0.15) is 47.9 Å². The second-order valence-corrected chi connectivity index (χ2v) is 10.2. The van der Waals surface area contributed by atoms with Gasteiger partial charge in [-0.25, -0.2) is 0 Å². The van der Waals surface area contributed by atoms with Crippen LogP contribution in [0, 0.1) is 0 Å². The number of nitrogens with zero attached hydrogens (tertiary/aromatic N) is 3. The Morgan fingerprint density at radius 2 is 1.59 bits per heavy atom. The summed E-state index contributed by atoms with van der Waals surface area (Å²) in [5.41, 5.74) is 7.48. The van der Waals surface area contributed by atoms with Gasteiger partial charge in [0.1, 0.15) is 0 Å². The molecule has 1 aliphatic heterocycles. The number of aromatic nitrogens is 1. The third kappa shape index (κ3) is 5.06. The van der Waals surface area contributed by atoms with Crippen LogP contribution in [-0.4, -0.2) is 43.2 Å². The van der Waals surface area contributed by atoms with E-state index in [2.05, 4.69) is 76.2 Å². The lowest BCUT2D eigenvalue weighted by Gasteiger charge is -2.27. The molecular weight excluding hydrogens is 420 g/mol. The molecule has 1 saturated heterocycles. The summed E-state index contributed by atoms with van der Waals surface area (Å²) >= 11 is 0. The molecule has 5 nitrogen and oxygen atoms in total. The number of anilines is 1. The largest absolute Gasteiger partial charge is 0.378 e. The summed E-state index contributed by atoms with van der Waals surface area (Å²) in [5.74, 6) is 0. The molecule has 0 unspecified atom stereocenters. The Hall–Kier alpha value is -2.63. The number of rotatable bonds is 8. The van der Waals surface area contributed by atoms with Gasteiger partial charge in [0.05, 0.1) is 5.52 Å². The van der Waals surface area contributed by atoms with E-state index in [4.69, 9.17) is 0 Å². The smallest absolute Gasteiger partial charge is 0.255 e. The first-order valence-corrected chi connectivity index (χ1v) is 13.0. The number of aryl methyl sites for hydroxylation is 2. The van der Waals surface area contributed by atoms with E-state index in [-0.39, 0.29) is 5.56 Å². The SMILES string of the molecule is CN(C)c1ccc(CNCc2cc3cc4c(cc3n(CCN3CCCCC3)c2=O)CCC4)cc1. The molecule has 1 fully saturated rings. The molecule has 0 saturated carbocycles. The van der Waals surface area contributed by atoms with Crippen molar-refractivity contribution < 1.29 is 0 Å². The molecule has 1 aliphatic carbocycles. The number of piperidine rings is 1. The topological polar surface area (TPSA) is 40.5 Å². The molecule has 5 rings (SSSR count). The molecule has 3 aromatic rings. The Kier molecular flexibility index (Phi) is 7.02. The van der Waals surface area contributed by atoms with Crippen molar-refractivity contribution in [2.45, 2.75) is 58.2 Å².